The van der Waals surface area contributed by atoms with Gasteiger partial charge in [-0.25, -0.2) is 0 Å². The van der Waals surface area contributed by atoms with Crippen LogP contribution < -0.4 is 10.6 Å². The molecule has 0 aliphatic carbocycles. The van der Waals surface area contributed by atoms with Gasteiger partial charge in [0, 0.05) is 25.8 Å². The number of rotatable bonds is 7. The Morgan fingerprint density at radius 2 is 2.05 bits per heavy atom. The van der Waals surface area contributed by atoms with Crippen LogP contribution in [-0.2, 0) is 0 Å². The van der Waals surface area contributed by atoms with Crippen molar-refractivity contribution in [2.24, 2.45) is 11.7 Å². The van der Waals surface area contributed by atoms with Crippen LogP contribution in [0.3, 0.4) is 0 Å². The number of hydrogen-bond acceptors (Lipinski definition) is 4. The van der Waals surface area contributed by atoms with E-state index in [1.807, 2.05) is 12.1 Å². The molecule has 106 valence electrons. The summed E-state index contributed by atoms with van der Waals surface area (Å²) >= 11 is 5.10. The van der Waals surface area contributed by atoms with Crippen LogP contribution in [0, 0.1) is 5.92 Å². The first-order valence-corrected chi connectivity index (χ1v) is 6.97. The van der Waals surface area contributed by atoms with Crippen molar-refractivity contribution in [2.45, 2.75) is 13.8 Å². The second-order valence-corrected chi connectivity index (χ2v) is 5.82. The number of nitrogens with two attached hydrogens (primary N) is 1. The minimum atomic E-state index is 0.356. The van der Waals surface area contributed by atoms with E-state index in [4.69, 9.17) is 18.0 Å². The molecular formula is C14H24N4S. The third kappa shape index (κ3) is 5.12. The molecule has 5 heteroatoms. The van der Waals surface area contributed by atoms with E-state index >= 15 is 0 Å². The third-order valence-corrected chi connectivity index (χ3v) is 2.96. The molecule has 0 atom stereocenters. The van der Waals surface area contributed by atoms with Gasteiger partial charge >= 0.3 is 0 Å². The third-order valence-electron chi connectivity index (χ3n) is 2.76. The van der Waals surface area contributed by atoms with Crippen molar-refractivity contribution in [3.05, 3.63) is 24.0 Å². The highest BCUT2D eigenvalue weighted by atomic mass is 32.1. The van der Waals surface area contributed by atoms with E-state index in [1.54, 1.807) is 6.20 Å². The zero-order chi connectivity index (χ0) is 14.4. The molecule has 1 rings (SSSR count). The summed E-state index contributed by atoms with van der Waals surface area (Å²) in [5, 5.41) is 0. The lowest BCUT2D eigenvalue weighted by molar-refractivity contribution is 0.409. The zero-order valence-electron chi connectivity index (χ0n) is 12.3. The second-order valence-electron chi connectivity index (χ2n) is 5.38. The molecule has 0 amide bonds. The molecule has 2 N–H and O–H groups in total. The molecule has 4 nitrogen and oxygen atoms in total. The maximum Gasteiger partial charge on any atom is 0.124 e. The Hall–Kier alpha value is -1.20. The Morgan fingerprint density at radius 3 is 2.58 bits per heavy atom. The minimum Gasteiger partial charge on any atom is -0.388 e. The molecule has 0 aromatic carbocycles. The van der Waals surface area contributed by atoms with Crippen LogP contribution in [0.15, 0.2) is 18.3 Å². The molecule has 1 aromatic heterocycles. The number of anilines is 1. The number of aromatic nitrogens is 1. The molecule has 1 aromatic rings. The van der Waals surface area contributed by atoms with Crippen molar-refractivity contribution in [2.75, 3.05) is 38.6 Å². The standard InChI is InChI=1S/C14H24N4S/c1-11(2)10-18(9-8-17(3)4)12-6-5-7-16-13(12)14(15)19/h5-7,11H,8-10H2,1-4H3,(H2,15,19). The summed E-state index contributed by atoms with van der Waals surface area (Å²) in [6, 6.07) is 3.97. The summed E-state index contributed by atoms with van der Waals surface area (Å²) in [6.45, 7) is 7.30. The van der Waals surface area contributed by atoms with E-state index in [9.17, 15) is 0 Å². The van der Waals surface area contributed by atoms with Crippen LogP contribution in [0.5, 0.6) is 0 Å². The lowest BCUT2D eigenvalue weighted by Crippen LogP contribution is -2.36. The fraction of sp³-hybridized carbons (Fsp3) is 0.571. The molecule has 0 unspecified atom stereocenters. The molecule has 0 saturated carbocycles. The van der Waals surface area contributed by atoms with Gasteiger partial charge in [0.1, 0.15) is 10.7 Å². The molecular weight excluding hydrogens is 256 g/mol. The van der Waals surface area contributed by atoms with Crippen molar-refractivity contribution in [1.82, 2.24) is 9.88 Å². The SMILES string of the molecule is CC(C)CN(CCN(C)C)c1cccnc1C(N)=S. The highest BCUT2D eigenvalue weighted by Gasteiger charge is 2.15. The second kappa shape index (κ2) is 7.40. The summed E-state index contributed by atoms with van der Waals surface area (Å²) in [7, 11) is 4.15. The van der Waals surface area contributed by atoms with Crippen molar-refractivity contribution in [1.29, 1.82) is 0 Å². The summed E-state index contributed by atoms with van der Waals surface area (Å²) in [4.78, 5) is 9.15. The fourth-order valence-electron chi connectivity index (χ4n) is 1.91. The first-order valence-electron chi connectivity index (χ1n) is 6.56. The van der Waals surface area contributed by atoms with Crippen LogP contribution in [-0.4, -0.2) is 48.6 Å². The first-order chi connectivity index (χ1) is 8.91. The quantitative estimate of drug-likeness (QED) is 0.771. The van der Waals surface area contributed by atoms with Gasteiger partial charge in [0.25, 0.3) is 0 Å². The van der Waals surface area contributed by atoms with E-state index in [0.717, 1.165) is 31.0 Å². The number of likely N-dealkylation sites (N-methyl/N-ethyl adjacent to an activating group) is 1. The molecule has 0 bridgehead atoms. The molecule has 0 spiro atoms. The van der Waals surface area contributed by atoms with Crippen LogP contribution >= 0.6 is 12.2 Å². The summed E-state index contributed by atoms with van der Waals surface area (Å²) in [6.07, 6.45) is 1.73. The average Bonchev–Trinajstić information content (AvgIpc) is 2.33. The van der Waals surface area contributed by atoms with Crippen molar-refractivity contribution in [3.8, 4) is 0 Å². The Bertz CT molecular complexity index is 418. The lowest BCUT2D eigenvalue weighted by atomic mass is 10.1. The monoisotopic (exact) mass is 280 g/mol. The van der Waals surface area contributed by atoms with E-state index in [-0.39, 0.29) is 0 Å². The fourth-order valence-corrected chi connectivity index (χ4v) is 2.07. The van der Waals surface area contributed by atoms with Crippen molar-refractivity contribution in [3.63, 3.8) is 0 Å². The topological polar surface area (TPSA) is 45.4 Å². The first kappa shape index (κ1) is 15.9. The summed E-state index contributed by atoms with van der Waals surface area (Å²) in [5.74, 6) is 0.571. The summed E-state index contributed by atoms with van der Waals surface area (Å²) in [5.41, 5.74) is 7.52. The number of hydrogen-bond donors (Lipinski definition) is 1. The molecule has 0 fully saturated rings. The lowest BCUT2D eigenvalue weighted by Gasteiger charge is -2.29. The number of pyridine rings is 1. The maximum absolute atomic E-state index is 5.77. The van der Waals surface area contributed by atoms with Gasteiger partial charge in [-0.2, -0.15) is 0 Å². The average molecular weight is 280 g/mol. The van der Waals surface area contributed by atoms with Gasteiger partial charge in [-0.05, 0) is 32.1 Å². The Morgan fingerprint density at radius 1 is 1.37 bits per heavy atom. The highest BCUT2D eigenvalue weighted by Crippen LogP contribution is 2.19. The van der Waals surface area contributed by atoms with E-state index in [2.05, 4.69) is 42.7 Å². The van der Waals surface area contributed by atoms with Crippen LogP contribution in [0.25, 0.3) is 0 Å². The van der Waals surface area contributed by atoms with E-state index < -0.39 is 0 Å². The molecule has 0 aliphatic heterocycles. The van der Waals surface area contributed by atoms with Crippen molar-refractivity contribution < 1.29 is 0 Å². The highest BCUT2D eigenvalue weighted by molar-refractivity contribution is 7.80. The predicted octanol–water partition coefficient (Wildman–Crippen LogP) is 1.74. The Labute approximate surface area is 121 Å². The Kier molecular flexibility index (Phi) is 6.18. The van der Waals surface area contributed by atoms with Gasteiger partial charge in [-0.15, -0.1) is 0 Å². The van der Waals surface area contributed by atoms with E-state index in [1.165, 1.54) is 0 Å². The van der Waals surface area contributed by atoms with Gasteiger partial charge in [0.05, 0.1) is 5.69 Å². The normalized spacial score (nSPS) is 11.1. The van der Waals surface area contributed by atoms with Gasteiger partial charge in [0.15, 0.2) is 0 Å². The number of nitrogens with zero attached hydrogens (tertiary/aromatic N) is 3. The van der Waals surface area contributed by atoms with E-state index in [0.29, 0.717) is 10.9 Å². The zero-order valence-corrected chi connectivity index (χ0v) is 13.1. The minimum absolute atomic E-state index is 0.356. The molecule has 1 heterocycles. The van der Waals surface area contributed by atoms with Crippen LogP contribution in [0.1, 0.15) is 19.5 Å². The molecule has 19 heavy (non-hydrogen) atoms. The summed E-state index contributed by atoms with van der Waals surface area (Å²) < 4.78 is 0. The van der Waals surface area contributed by atoms with Crippen molar-refractivity contribution >= 4 is 22.9 Å². The van der Waals surface area contributed by atoms with Crippen LogP contribution in [0.2, 0.25) is 0 Å². The largest absolute Gasteiger partial charge is 0.388 e. The van der Waals surface area contributed by atoms with Gasteiger partial charge in [-0.1, -0.05) is 26.1 Å². The van der Waals surface area contributed by atoms with Crippen LogP contribution in [0.4, 0.5) is 5.69 Å². The molecule has 0 saturated heterocycles. The maximum atomic E-state index is 5.77. The molecule has 0 radical (unpaired) electrons. The van der Waals surface area contributed by atoms with Gasteiger partial charge in [-0.3, -0.25) is 4.98 Å². The Balaban J connectivity index is 2.99. The van der Waals surface area contributed by atoms with Gasteiger partial charge in [0.2, 0.25) is 0 Å². The molecule has 0 aliphatic rings. The smallest absolute Gasteiger partial charge is 0.124 e. The predicted molar refractivity (Wildman–Crippen MR) is 85.7 cm³/mol. The van der Waals surface area contributed by atoms with Gasteiger partial charge < -0.3 is 15.5 Å². The number of thiocarbonyl (C=S) groups is 1.